The van der Waals surface area contributed by atoms with Crippen molar-refractivity contribution in [3.05, 3.63) is 83.6 Å². The molecule has 4 rings (SSSR count). The van der Waals surface area contributed by atoms with Crippen molar-refractivity contribution in [1.82, 2.24) is 9.88 Å². The standard InChI is InChI=1S/C24H24BN5O2/c1-30-14-4-13-26-22(30)16-7-9-17(10-8-16)23(31)28-20-6-3-2-5-19(20)24(32)29-21-12-11-18(25)15-27-21/h2-3,5-12,15H,4,13-14,25H2,1H3,(H,28,31)(H,27,29,32). The number of para-hydroxylation sites is 1. The highest BCUT2D eigenvalue weighted by molar-refractivity contribution is 6.32. The summed E-state index contributed by atoms with van der Waals surface area (Å²) in [5, 5.41) is 5.62. The number of pyridine rings is 1. The smallest absolute Gasteiger partial charge is 0.258 e. The second-order valence-electron chi connectivity index (χ2n) is 7.73. The van der Waals surface area contributed by atoms with Crippen LogP contribution in [0.1, 0.15) is 32.7 Å². The number of amides is 2. The molecule has 32 heavy (non-hydrogen) atoms. The molecule has 7 nitrogen and oxygen atoms in total. The van der Waals surface area contributed by atoms with Gasteiger partial charge in [0.1, 0.15) is 19.5 Å². The van der Waals surface area contributed by atoms with Gasteiger partial charge in [-0.1, -0.05) is 35.8 Å². The Morgan fingerprint density at radius 3 is 2.47 bits per heavy atom. The third-order valence-corrected chi connectivity index (χ3v) is 5.25. The Bertz CT molecular complexity index is 1160. The van der Waals surface area contributed by atoms with E-state index in [0.717, 1.165) is 36.4 Å². The van der Waals surface area contributed by atoms with Crippen LogP contribution in [0.2, 0.25) is 0 Å². The molecule has 1 aromatic heterocycles. The Balaban J connectivity index is 1.48. The van der Waals surface area contributed by atoms with Gasteiger partial charge in [0.25, 0.3) is 11.8 Å². The van der Waals surface area contributed by atoms with Crippen molar-refractivity contribution in [1.29, 1.82) is 0 Å². The molecule has 0 aliphatic carbocycles. The van der Waals surface area contributed by atoms with Crippen molar-refractivity contribution < 1.29 is 9.59 Å². The number of nitrogens with zero attached hydrogens (tertiary/aromatic N) is 3. The van der Waals surface area contributed by atoms with Crippen LogP contribution in [0.25, 0.3) is 0 Å². The van der Waals surface area contributed by atoms with E-state index < -0.39 is 0 Å². The molecule has 0 atom stereocenters. The zero-order valence-corrected chi connectivity index (χ0v) is 18.1. The molecule has 0 fully saturated rings. The van der Waals surface area contributed by atoms with Crippen molar-refractivity contribution in [3.8, 4) is 0 Å². The van der Waals surface area contributed by atoms with Crippen molar-refractivity contribution in [2.45, 2.75) is 6.42 Å². The summed E-state index contributed by atoms with van der Waals surface area (Å²) in [5.41, 5.74) is 3.28. The number of carbonyl (C=O) groups excluding carboxylic acids is 2. The molecule has 0 unspecified atom stereocenters. The largest absolute Gasteiger partial charge is 0.359 e. The highest BCUT2D eigenvalue weighted by Crippen LogP contribution is 2.18. The summed E-state index contributed by atoms with van der Waals surface area (Å²) < 4.78 is 0. The first-order chi connectivity index (χ1) is 15.5. The first-order valence-corrected chi connectivity index (χ1v) is 10.5. The summed E-state index contributed by atoms with van der Waals surface area (Å²) in [7, 11) is 3.95. The average molecular weight is 425 g/mol. The number of amidine groups is 1. The van der Waals surface area contributed by atoms with Crippen LogP contribution in [0.15, 0.2) is 71.9 Å². The lowest BCUT2D eigenvalue weighted by atomic mass is 9.99. The molecular formula is C24H24BN5O2. The molecule has 8 heteroatoms. The number of rotatable bonds is 5. The van der Waals surface area contributed by atoms with Gasteiger partial charge in [0.15, 0.2) is 0 Å². The second kappa shape index (κ2) is 9.47. The minimum atomic E-state index is -0.342. The zero-order chi connectivity index (χ0) is 22.5. The van der Waals surface area contributed by atoms with E-state index in [1.54, 1.807) is 48.7 Å². The number of hydrogen-bond donors (Lipinski definition) is 2. The third-order valence-electron chi connectivity index (χ3n) is 5.25. The van der Waals surface area contributed by atoms with Crippen LogP contribution >= 0.6 is 0 Å². The molecule has 1 aliphatic rings. The number of hydrogen-bond acceptors (Lipinski definition) is 5. The summed E-state index contributed by atoms with van der Waals surface area (Å²) in [5.74, 6) is 0.762. The number of nitrogens with one attached hydrogen (secondary N) is 2. The second-order valence-corrected chi connectivity index (χ2v) is 7.73. The van der Waals surface area contributed by atoms with E-state index in [4.69, 9.17) is 0 Å². The van der Waals surface area contributed by atoms with E-state index in [1.165, 1.54) is 0 Å². The first-order valence-electron chi connectivity index (χ1n) is 10.5. The number of benzene rings is 2. The predicted octanol–water partition coefficient (Wildman–Crippen LogP) is 1.93. The van der Waals surface area contributed by atoms with Gasteiger partial charge in [-0.15, -0.1) is 0 Å². The molecule has 0 bridgehead atoms. The van der Waals surface area contributed by atoms with Crippen molar-refractivity contribution in [2.24, 2.45) is 4.99 Å². The molecule has 2 aromatic carbocycles. The summed E-state index contributed by atoms with van der Waals surface area (Å²) in [6, 6.07) is 17.9. The van der Waals surface area contributed by atoms with Gasteiger partial charge in [-0.25, -0.2) is 4.98 Å². The fourth-order valence-electron chi connectivity index (χ4n) is 3.51. The fraction of sp³-hybridized carbons (Fsp3) is 0.167. The molecule has 2 N–H and O–H groups in total. The van der Waals surface area contributed by atoms with E-state index in [9.17, 15) is 9.59 Å². The summed E-state index contributed by atoms with van der Waals surface area (Å²) >= 11 is 0. The fourth-order valence-corrected chi connectivity index (χ4v) is 3.51. The van der Waals surface area contributed by atoms with Gasteiger partial charge in [0, 0.05) is 37.5 Å². The summed E-state index contributed by atoms with van der Waals surface area (Å²) in [6.07, 6.45) is 2.73. The maximum Gasteiger partial charge on any atom is 0.258 e. The maximum absolute atomic E-state index is 12.8. The zero-order valence-electron chi connectivity index (χ0n) is 18.1. The first kappa shape index (κ1) is 21.3. The lowest BCUT2D eigenvalue weighted by molar-refractivity contribution is 0.102. The van der Waals surface area contributed by atoms with Gasteiger partial charge < -0.3 is 15.5 Å². The number of aromatic nitrogens is 1. The molecule has 2 amide bonds. The van der Waals surface area contributed by atoms with Gasteiger partial charge in [0.2, 0.25) is 0 Å². The minimum absolute atomic E-state index is 0.288. The topological polar surface area (TPSA) is 86.7 Å². The Morgan fingerprint density at radius 2 is 1.75 bits per heavy atom. The normalized spacial score (nSPS) is 13.3. The molecule has 1 aliphatic heterocycles. The number of anilines is 2. The Kier molecular flexibility index (Phi) is 6.30. The SMILES string of the molecule is Bc1ccc(NC(=O)c2ccccc2NC(=O)c2ccc(C3=NCCCN3C)cc2)nc1. The van der Waals surface area contributed by atoms with Crippen LogP contribution < -0.4 is 16.1 Å². The quantitative estimate of drug-likeness (QED) is 0.612. The van der Waals surface area contributed by atoms with Gasteiger partial charge >= 0.3 is 0 Å². The Labute approximate surface area is 188 Å². The molecular weight excluding hydrogens is 401 g/mol. The molecule has 160 valence electrons. The lowest BCUT2D eigenvalue weighted by Gasteiger charge is -2.25. The van der Waals surface area contributed by atoms with Gasteiger partial charge in [-0.3, -0.25) is 14.6 Å². The number of aliphatic imine (C=N–C) groups is 1. The summed E-state index contributed by atoms with van der Waals surface area (Å²) in [6.45, 7) is 1.79. The van der Waals surface area contributed by atoms with Crippen LogP contribution in [0.3, 0.4) is 0 Å². The van der Waals surface area contributed by atoms with Crippen LogP contribution in [-0.4, -0.2) is 55.5 Å². The van der Waals surface area contributed by atoms with Gasteiger partial charge in [0.05, 0.1) is 11.3 Å². The van der Waals surface area contributed by atoms with Crippen LogP contribution in [-0.2, 0) is 0 Å². The van der Waals surface area contributed by atoms with Gasteiger partial charge in [-0.05, 0) is 36.8 Å². The monoisotopic (exact) mass is 425 g/mol. The molecule has 0 spiro atoms. The lowest BCUT2D eigenvalue weighted by Crippen LogP contribution is -2.32. The average Bonchev–Trinajstić information content (AvgIpc) is 2.81. The summed E-state index contributed by atoms with van der Waals surface area (Å²) in [4.78, 5) is 36.5. The van der Waals surface area contributed by atoms with E-state index >= 15 is 0 Å². The van der Waals surface area contributed by atoms with Crippen LogP contribution in [0, 0.1) is 0 Å². The Morgan fingerprint density at radius 1 is 0.969 bits per heavy atom. The molecule has 0 radical (unpaired) electrons. The van der Waals surface area contributed by atoms with Crippen molar-refractivity contribution >= 4 is 42.5 Å². The van der Waals surface area contributed by atoms with E-state index in [1.807, 2.05) is 33.1 Å². The highest BCUT2D eigenvalue weighted by Gasteiger charge is 2.16. The maximum atomic E-state index is 12.8. The van der Waals surface area contributed by atoms with Crippen LogP contribution in [0.4, 0.5) is 11.5 Å². The highest BCUT2D eigenvalue weighted by atomic mass is 16.2. The number of carbonyl (C=O) groups is 2. The van der Waals surface area contributed by atoms with E-state index in [2.05, 4.69) is 25.5 Å². The Hall–Kier alpha value is -3.94. The predicted molar refractivity (Wildman–Crippen MR) is 130 cm³/mol. The van der Waals surface area contributed by atoms with E-state index in [-0.39, 0.29) is 11.8 Å². The third kappa shape index (κ3) is 4.86. The molecule has 3 aromatic rings. The van der Waals surface area contributed by atoms with E-state index in [0.29, 0.717) is 22.6 Å². The molecule has 2 heterocycles. The van der Waals surface area contributed by atoms with Gasteiger partial charge in [-0.2, -0.15) is 0 Å². The van der Waals surface area contributed by atoms with Crippen LogP contribution in [0.5, 0.6) is 0 Å². The van der Waals surface area contributed by atoms with Crippen molar-refractivity contribution in [3.63, 3.8) is 0 Å². The van der Waals surface area contributed by atoms with Crippen molar-refractivity contribution in [2.75, 3.05) is 30.8 Å². The minimum Gasteiger partial charge on any atom is -0.359 e. The molecule has 0 saturated heterocycles. The molecule has 0 saturated carbocycles.